The van der Waals surface area contributed by atoms with E-state index in [0.29, 0.717) is 0 Å². The molecule has 4 heteroatoms. The molecule has 3 aliphatic heterocycles. The van der Waals surface area contributed by atoms with E-state index in [4.69, 9.17) is 0 Å². The van der Waals surface area contributed by atoms with Crippen molar-refractivity contribution in [2.75, 3.05) is 13.1 Å². The minimum absolute atomic E-state index is 0.198. The molecule has 0 spiro atoms. The van der Waals surface area contributed by atoms with Gasteiger partial charge in [-0.1, -0.05) is 6.08 Å². The van der Waals surface area contributed by atoms with Crippen LogP contribution in [-0.2, 0) is 4.79 Å². The molecule has 1 amide bonds. The molecule has 3 rings (SSSR count). The van der Waals surface area contributed by atoms with Crippen LogP contribution in [0.25, 0.3) is 0 Å². The molecule has 0 aliphatic carbocycles. The average molecular weight is 213 g/mol. The molecule has 3 aliphatic rings. The Bertz CT molecular complexity index is 506. The fourth-order valence-corrected chi connectivity index (χ4v) is 2.03. The van der Waals surface area contributed by atoms with E-state index in [2.05, 4.69) is 21.4 Å². The standard InChI is InChI=1S/C12H11N3O/c16-11-2-1-10-12(15-11)9(7-14-10)8-3-5-13-6-4-8/h1-3,7,13H,4-6H2. The Morgan fingerprint density at radius 2 is 2.25 bits per heavy atom. The van der Waals surface area contributed by atoms with Gasteiger partial charge in [0.2, 0.25) is 0 Å². The van der Waals surface area contributed by atoms with Crippen molar-refractivity contribution in [1.82, 2.24) is 5.32 Å². The number of nitrogens with zero attached hydrogens (tertiary/aromatic N) is 2. The minimum Gasteiger partial charge on any atom is -0.313 e. The Morgan fingerprint density at radius 1 is 1.31 bits per heavy atom. The molecule has 4 nitrogen and oxygen atoms in total. The Morgan fingerprint density at radius 3 is 3.06 bits per heavy atom. The number of dihydropyridines is 1. The lowest BCUT2D eigenvalue weighted by molar-refractivity contribution is -0.113. The van der Waals surface area contributed by atoms with Crippen molar-refractivity contribution in [3.05, 3.63) is 35.6 Å². The predicted octanol–water partition coefficient (Wildman–Crippen LogP) is 0.782. The summed E-state index contributed by atoms with van der Waals surface area (Å²) in [6, 6.07) is 0. The zero-order valence-electron chi connectivity index (χ0n) is 8.73. The van der Waals surface area contributed by atoms with Crippen molar-refractivity contribution in [3.8, 4) is 0 Å². The van der Waals surface area contributed by atoms with Crippen molar-refractivity contribution in [3.63, 3.8) is 0 Å². The second kappa shape index (κ2) is 3.64. The molecular formula is C12H11N3O. The van der Waals surface area contributed by atoms with Gasteiger partial charge in [0.25, 0.3) is 5.91 Å². The predicted molar refractivity (Wildman–Crippen MR) is 62.7 cm³/mol. The normalized spacial score (nSPS) is 23.4. The molecule has 0 bridgehead atoms. The summed E-state index contributed by atoms with van der Waals surface area (Å²) in [6.45, 7) is 1.84. The van der Waals surface area contributed by atoms with Crippen molar-refractivity contribution in [2.45, 2.75) is 6.42 Å². The SMILES string of the molecule is O=C1C=CC2=NC=C(C3=CCNCC3)C2=N1. The summed E-state index contributed by atoms with van der Waals surface area (Å²) in [5, 5.41) is 3.26. The van der Waals surface area contributed by atoms with Crippen molar-refractivity contribution < 1.29 is 4.79 Å². The van der Waals surface area contributed by atoms with E-state index in [1.165, 1.54) is 11.6 Å². The number of fused-ring (bicyclic) bond motifs is 1. The van der Waals surface area contributed by atoms with E-state index in [1.807, 2.05) is 6.20 Å². The summed E-state index contributed by atoms with van der Waals surface area (Å²) in [5.41, 5.74) is 3.78. The van der Waals surface area contributed by atoms with E-state index in [9.17, 15) is 4.79 Å². The van der Waals surface area contributed by atoms with Crippen molar-refractivity contribution in [1.29, 1.82) is 0 Å². The van der Waals surface area contributed by atoms with Crippen LogP contribution >= 0.6 is 0 Å². The third-order valence-corrected chi connectivity index (χ3v) is 2.85. The monoisotopic (exact) mass is 213 g/mol. The third kappa shape index (κ3) is 1.47. The first-order chi connectivity index (χ1) is 7.84. The van der Waals surface area contributed by atoms with Crippen LogP contribution < -0.4 is 5.32 Å². The van der Waals surface area contributed by atoms with Crippen LogP contribution in [0.5, 0.6) is 0 Å². The van der Waals surface area contributed by atoms with Crippen LogP contribution in [0.3, 0.4) is 0 Å². The van der Waals surface area contributed by atoms with E-state index < -0.39 is 0 Å². The molecule has 1 N–H and O–H groups in total. The van der Waals surface area contributed by atoms with E-state index in [0.717, 1.165) is 36.5 Å². The highest BCUT2D eigenvalue weighted by Gasteiger charge is 2.24. The van der Waals surface area contributed by atoms with Crippen molar-refractivity contribution >= 4 is 17.3 Å². The zero-order chi connectivity index (χ0) is 11.0. The fourth-order valence-electron chi connectivity index (χ4n) is 2.03. The van der Waals surface area contributed by atoms with Crippen LogP contribution in [-0.4, -0.2) is 30.4 Å². The number of aliphatic imine (C=N–C) groups is 2. The van der Waals surface area contributed by atoms with Gasteiger partial charge in [0.15, 0.2) is 0 Å². The van der Waals surface area contributed by atoms with Gasteiger partial charge >= 0.3 is 0 Å². The summed E-state index contributed by atoms with van der Waals surface area (Å²) in [5.74, 6) is -0.198. The number of amides is 1. The van der Waals surface area contributed by atoms with Gasteiger partial charge < -0.3 is 5.32 Å². The van der Waals surface area contributed by atoms with E-state index in [1.54, 1.807) is 6.08 Å². The number of rotatable bonds is 1. The van der Waals surface area contributed by atoms with Gasteiger partial charge in [0.1, 0.15) is 5.71 Å². The smallest absolute Gasteiger partial charge is 0.270 e. The molecule has 0 fully saturated rings. The second-order valence-corrected chi connectivity index (χ2v) is 3.87. The maximum atomic E-state index is 11.2. The number of carbonyl (C=O) groups excluding carboxylic acids is 1. The Kier molecular flexibility index (Phi) is 2.15. The minimum atomic E-state index is -0.198. The first-order valence-electron chi connectivity index (χ1n) is 5.34. The second-order valence-electron chi connectivity index (χ2n) is 3.87. The largest absolute Gasteiger partial charge is 0.313 e. The van der Waals surface area contributed by atoms with Gasteiger partial charge in [0, 0.05) is 24.4 Å². The quantitative estimate of drug-likeness (QED) is 0.700. The van der Waals surface area contributed by atoms with Crippen LogP contribution in [0.1, 0.15) is 6.42 Å². The highest BCUT2D eigenvalue weighted by Crippen LogP contribution is 2.24. The Hall–Kier alpha value is -1.81. The van der Waals surface area contributed by atoms with Gasteiger partial charge in [0.05, 0.1) is 5.71 Å². The van der Waals surface area contributed by atoms with Crippen LogP contribution in [0.4, 0.5) is 0 Å². The molecule has 0 aromatic rings. The summed E-state index contributed by atoms with van der Waals surface area (Å²) < 4.78 is 0. The van der Waals surface area contributed by atoms with Crippen molar-refractivity contribution in [2.24, 2.45) is 9.98 Å². The number of hydrogen-bond donors (Lipinski definition) is 1. The third-order valence-electron chi connectivity index (χ3n) is 2.85. The van der Waals surface area contributed by atoms with Gasteiger partial charge in [-0.25, -0.2) is 4.99 Å². The van der Waals surface area contributed by atoms with Gasteiger partial charge in [-0.2, -0.15) is 0 Å². The maximum absolute atomic E-state index is 11.2. The van der Waals surface area contributed by atoms with Gasteiger partial charge in [-0.15, -0.1) is 0 Å². The molecule has 16 heavy (non-hydrogen) atoms. The Labute approximate surface area is 93.2 Å². The molecule has 3 heterocycles. The molecule has 0 saturated heterocycles. The number of allylic oxidation sites excluding steroid dienone is 2. The lowest BCUT2D eigenvalue weighted by Crippen LogP contribution is -2.24. The van der Waals surface area contributed by atoms with E-state index in [-0.39, 0.29) is 5.91 Å². The zero-order valence-corrected chi connectivity index (χ0v) is 8.73. The summed E-state index contributed by atoms with van der Waals surface area (Å²) in [6.07, 6.45) is 8.10. The van der Waals surface area contributed by atoms with Crippen LogP contribution in [0.2, 0.25) is 0 Å². The molecular weight excluding hydrogens is 202 g/mol. The first kappa shape index (κ1) is 9.42. The van der Waals surface area contributed by atoms with E-state index >= 15 is 0 Å². The molecule has 0 aromatic carbocycles. The molecule has 0 radical (unpaired) electrons. The fraction of sp³-hybridized carbons (Fsp3) is 0.250. The highest BCUT2D eigenvalue weighted by atomic mass is 16.1. The highest BCUT2D eigenvalue weighted by molar-refractivity contribution is 6.57. The number of nitrogens with one attached hydrogen (secondary N) is 1. The summed E-state index contributed by atoms with van der Waals surface area (Å²) in [4.78, 5) is 19.5. The molecule has 80 valence electrons. The van der Waals surface area contributed by atoms with Crippen LogP contribution in [0.15, 0.2) is 45.6 Å². The lowest BCUT2D eigenvalue weighted by Gasteiger charge is -2.16. The molecule has 0 aromatic heterocycles. The number of carbonyl (C=O) groups is 1. The molecule has 0 atom stereocenters. The summed E-state index contributed by atoms with van der Waals surface area (Å²) in [7, 11) is 0. The van der Waals surface area contributed by atoms with Gasteiger partial charge in [-0.3, -0.25) is 9.79 Å². The first-order valence-corrected chi connectivity index (χ1v) is 5.34. The summed E-state index contributed by atoms with van der Waals surface area (Å²) >= 11 is 0. The molecule has 0 saturated carbocycles. The Balaban J connectivity index is 1.95. The maximum Gasteiger partial charge on any atom is 0.270 e. The van der Waals surface area contributed by atoms with Crippen LogP contribution in [0, 0.1) is 0 Å². The number of hydrogen-bond acceptors (Lipinski definition) is 3. The average Bonchev–Trinajstić information content (AvgIpc) is 2.73. The molecule has 0 unspecified atom stereocenters. The topological polar surface area (TPSA) is 53.8 Å². The van der Waals surface area contributed by atoms with Gasteiger partial charge in [-0.05, 0) is 24.6 Å². The lowest BCUT2D eigenvalue weighted by atomic mass is 9.95.